The normalized spacial score (nSPS) is 12.0. The van der Waals surface area contributed by atoms with Crippen LogP contribution in [0.1, 0.15) is 30.3 Å². The van der Waals surface area contributed by atoms with Gasteiger partial charge in [0, 0.05) is 17.2 Å². The number of rotatable bonds is 4. The second kappa shape index (κ2) is 5.43. The highest BCUT2D eigenvalue weighted by atomic mass is 32.2. The Balaban J connectivity index is 2.23. The zero-order valence-electron chi connectivity index (χ0n) is 11.3. The number of thiazole rings is 1. The summed E-state index contributed by atoms with van der Waals surface area (Å²) in [6.07, 6.45) is 1.23. The summed E-state index contributed by atoms with van der Waals surface area (Å²) in [7, 11) is -3.02. The van der Waals surface area contributed by atoms with Crippen molar-refractivity contribution in [2.75, 3.05) is 6.26 Å². The molecule has 1 aromatic heterocycles. The van der Waals surface area contributed by atoms with Gasteiger partial charge in [0.25, 0.3) is 0 Å². The topological polar surface area (TPSA) is 47.0 Å². The van der Waals surface area contributed by atoms with Crippen LogP contribution in [0.3, 0.4) is 0 Å². The molecule has 0 fully saturated rings. The average Bonchev–Trinajstić information content (AvgIpc) is 2.75. The fourth-order valence-electron chi connectivity index (χ4n) is 1.77. The van der Waals surface area contributed by atoms with Crippen LogP contribution < -0.4 is 0 Å². The van der Waals surface area contributed by atoms with E-state index in [-0.39, 0.29) is 5.75 Å². The highest BCUT2D eigenvalue weighted by Crippen LogP contribution is 2.24. The number of aromatic nitrogens is 1. The highest BCUT2D eigenvalue weighted by Gasteiger charge is 2.10. The number of hydrogen-bond acceptors (Lipinski definition) is 4. The summed E-state index contributed by atoms with van der Waals surface area (Å²) in [5.41, 5.74) is 3.16. The lowest BCUT2D eigenvalue weighted by Gasteiger charge is -2.05. The molecule has 1 aromatic carbocycles. The van der Waals surface area contributed by atoms with Crippen molar-refractivity contribution in [3.05, 3.63) is 40.2 Å². The van der Waals surface area contributed by atoms with Crippen molar-refractivity contribution in [2.24, 2.45) is 0 Å². The van der Waals surface area contributed by atoms with E-state index in [1.54, 1.807) is 0 Å². The Labute approximate surface area is 118 Å². The van der Waals surface area contributed by atoms with Gasteiger partial charge in [0.05, 0.1) is 5.69 Å². The molecule has 0 aliphatic rings. The molecule has 0 bridgehead atoms. The number of nitrogens with zero attached hydrogens (tertiary/aromatic N) is 1. The summed E-state index contributed by atoms with van der Waals surface area (Å²) in [5, 5.41) is 2.55. The Kier molecular flexibility index (Phi) is 4.06. The van der Waals surface area contributed by atoms with E-state index >= 15 is 0 Å². The molecule has 0 aliphatic heterocycles. The van der Waals surface area contributed by atoms with Crippen molar-refractivity contribution in [3.63, 3.8) is 0 Å². The zero-order chi connectivity index (χ0) is 14.0. The van der Waals surface area contributed by atoms with Gasteiger partial charge in [0.2, 0.25) is 0 Å². The average molecular weight is 295 g/mol. The third-order valence-corrected chi connectivity index (χ3v) is 4.64. The standard InChI is InChI=1S/C14H17NO2S2/c1-10(2)11-4-6-12(7-5-11)13-8-18-14(15-13)9-19(3,16)17/h4-8,10H,9H2,1-3H3. The first kappa shape index (κ1) is 14.2. The van der Waals surface area contributed by atoms with Gasteiger partial charge in [-0.1, -0.05) is 38.1 Å². The van der Waals surface area contributed by atoms with Gasteiger partial charge in [-0.05, 0) is 11.5 Å². The van der Waals surface area contributed by atoms with Crippen LogP contribution in [0.2, 0.25) is 0 Å². The summed E-state index contributed by atoms with van der Waals surface area (Å²) < 4.78 is 22.5. The quantitative estimate of drug-likeness (QED) is 0.867. The first-order valence-electron chi connectivity index (χ1n) is 6.07. The van der Waals surface area contributed by atoms with Gasteiger partial charge in [-0.15, -0.1) is 11.3 Å². The Morgan fingerprint density at radius 1 is 1.21 bits per heavy atom. The number of sulfone groups is 1. The van der Waals surface area contributed by atoms with E-state index in [9.17, 15) is 8.42 Å². The Bertz CT molecular complexity index is 655. The molecule has 0 amide bonds. The molecule has 102 valence electrons. The summed E-state index contributed by atoms with van der Waals surface area (Å²) in [6, 6.07) is 8.26. The third kappa shape index (κ3) is 3.88. The third-order valence-electron chi connectivity index (χ3n) is 2.81. The van der Waals surface area contributed by atoms with Gasteiger partial charge in [-0.3, -0.25) is 0 Å². The van der Waals surface area contributed by atoms with Crippen LogP contribution in [-0.4, -0.2) is 19.7 Å². The molecule has 0 radical (unpaired) electrons. The van der Waals surface area contributed by atoms with Gasteiger partial charge in [0.15, 0.2) is 9.84 Å². The minimum atomic E-state index is -3.02. The van der Waals surface area contributed by atoms with Crippen molar-refractivity contribution in [2.45, 2.75) is 25.5 Å². The van der Waals surface area contributed by atoms with Crippen LogP contribution in [0, 0.1) is 0 Å². The molecule has 0 spiro atoms. The van der Waals surface area contributed by atoms with Crippen LogP contribution in [0.15, 0.2) is 29.6 Å². The van der Waals surface area contributed by atoms with Gasteiger partial charge in [-0.25, -0.2) is 13.4 Å². The Morgan fingerprint density at radius 3 is 2.37 bits per heavy atom. The summed E-state index contributed by atoms with van der Waals surface area (Å²) in [4.78, 5) is 4.38. The lowest BCUT2D eigenvalue weighted by Crippen LogP contribution is -1.99. The smallest absolute Gasteiger partial charge is 0.153 e. The molecule has 3 nitrogen and oxygen atoms in total. The van der Waals surface area contributed by atoms with E-state index in [0.29, 0.717) is 10.9 Å². The largest absolute Gasteiger partial charge is 0.240 e. The minimum Gasteiger partial charge on any atom is -0.240 e. The summed E-state index contributed by atoms with van der Waals surface area (Å²) in [5.74, 6) is 0.521. The number of benzene rings is 1. The van der Waals surface area contributed by atoms with E-state index in [2.05, 4.69) is 31.0 Å². The van der Waals surface area contributed by atoms with Crippen LogP contribution in [-0.2, 0) is 15.6 Å². The molecule has 5 heteroatoms. The van der Waals surface area contributed by atoms with Crippen molar-refractivity contribution in [1.29, 1.82) is 0 Å². The first-order valence-corrected chi connectivity index (χ1v) is 9.01. The molecule has 1 heterocycles. The maximum absolute atomic E-state index is 11.2. The molecule has 0 N–H and O–H groups in total. The van der Waals surface area contributed by atoms with E-state index in [0.717, 1.165) is 11.3 Å². The predicted molar refractivity (Wildman–Crippen MR) is 80.2 cm³/mol. The molecule has 0 saturated heterocycles. The van der Waals surface area contributed by atoms with Gasteiger partial charge in [0.1, 0.15) is 10.8 Å². The summed E-state index contributed by atoms with van der Waals surface area (Å²) >= 11 is 1.39. The minimum absolute atomic E-state index is 0.0156. The molecule has 0 saturated carbocycles. The molecular formula is C14H17NO2S2. The Morgan fingerprint density at radius 2 is 1.84 bits per heavy atom. The maximum atomic E-state index is 11.2. The number of hydrogen-bond donors (Lipinski definition) is 0. The summed E-state index contributed by atoms with van der Waals surface area (Å²) in [6.45, 7) is 4.31. The van der Waals surface area contributed by atoms with Crippen LogP contribution in [0.25, 0.3) is 11.3 Å². The molecular weight excluding hydrogens is 278 g/mol. The van der Waals surface area contributed by atoms with E-state index < -0.39 is 9.84 Å². The lowest BCUT2D eigenvalue weighted by molar-refractivity contribution is 0.601. The van der Waals surface area contributed by atoms with Crippen molar-refractivity contribution >= 4 is 21.2 Å². The van der Waals surface area contributed by atoms with Crippen LogP contribution in [0.4, 0.5) is 0 Å². The fraction of sp³-hybridized carbons (Fsp3) is 0.357. The second-order valence-electron chi connectivity index (χ2n) is 4.97. The fourth-order valence-corrected chi connectivity index (χ4v) is 3.79. The molecule has 2 aromatic rings. The molecule has 0 aliphatic carbocycles. The van der Waals surface area contributed by atoms with Crippen molar-refractivity contribution in [1.82, 2.24) is 4.98 Å². The highest BCUT2D eigenvalue weighted by molar-refractivity contribution is 7.90. The lowest BCUT2D eigenvalue weighted by atomic mass is 10.0. The van der Waals surface area contributed by atoms with E-state index in [1.165, 1.54) is 23.2 Å². The predicted octanol–water partition coefficient (Wildman–Crippen LogP) is 3.48. The maximum Gasteiger partial charge on any atom is 0.153 e. The Hall–Kier alpha value is -1.20. The van der Waals surface area contributed by atoms with E-state index in [1.807, 2.05) is 17.5 Å². The van der Waals surface area contributed by atoms with Crippen molar-refractivity contribution < 1.29 is 8.42 Å². The molecule has 0 atom stereocenters. The monoisotopic (exact) mass is 295 g/mol. The molecule has 2 rings (SSSR count). The molecule has 0 unspecified atom stereocenters. The van der Waals surface area contributed by atoms with Crippen LogP contribution >= 0.6 is 11.3 Å². The van der Waals surface area contributed by atoms with Crippen molar-refractivity contribution in [3.8, 4) is 11.3 Å². The molecule has 19 heavy (non-hydrogen) atoms. The van der Waals surface area contributed by atoms with Crippen LogP contribution in [0.5, 0.6) is 0 Å². The van der Waals surface area contributed by atoms with Gasteiger partial charge >= 0.3 is 0 Å². The second-order valence-corrected chi connectivity index (χ2v) is 8.06. The van der Waals surface area contributed by atoms with Gasteiger partial charge < -0.3 is 0 Å². The van der Waals surface area contributed by atoms with E-state index in [4.69, 9.17) is 0 Å². The van der Waals surface area contributed by atoms with Gasteiger partial charge in [-0.2, -0.15) is 0 Å². The zero-order valence-corrected chi connectivity index (χ0v) is 12.9. The SMILES string of the molecule is CC(C)c1ccc(-c2csc(CS(C)(=O)=O)n2)cc1. The first-order chi connectivity index (χ1) is 8.85.